The van der Waals surface area contributed by atoms with E-state index in [0.29, 0.717) is 120 Å². The molecule has 0 unspecified atom stereocenters. The number of pyridine rings is 4. The van der Waals surface area contributed by atoms with Crippen molar-refractivity contribution in [1.29, 1.82) is 0 Å². The summed E-state index contributed by atoms with van der Waals surface area (Å²) in [5.41, 5.74) is 6.70. The molecule has 0 spiro atoms. The maximum Gasteiger partial charge on any atom is 0.166 e. The average Bonchev–Trinajstić information content (AvgIpc) is 1.86. The Hall–Kier alpha value is -6.56. The number of ketones is 2. The molecule has 89 heavy (non-hydrogen) atoms. The highest BCUT2D eigenvalue weighted by Gasteiger charge is 2.26. The lowest BCUT2D eigenvalue weighted by Crippen LogP contribution is -2.23. The Balaban J connectivity index is 0.000000211. The molecule has 2 aliphatic rings. The number of halogens is 2. The number of aromatic nitrogens is 4. The van der Waals surface area contributed by atoms with Gasteiger partial charge in [0, 0.05) is 102 Å². The van der Waals surface area contributed by atoms with E-state index in [2.05, 4.69) is 52.1 Å². The number of ether oxygens (including phenoxy) is 8. The summed E-state index contributed by atoms with van der Waals surface area (Å²) < 4.78 is 76.5. The molecule has 0 atom stereocenters. The number of thiophene rings is 2. The first-order valence-electron chi connectivity index (χ1n) is 31.1. The summed E-state index contributed by atoms with van der Waals surface area (Å²) in [7, 11) is 2.06. The van der Waals surface area contributed by atoms with Crippen LogP contribution in [-0.2, 0) is 63.9 Å². The van der Waals surface area contributed by atoms with Gasteiger partial charge in [-0.25, -0.2) is 8.78 Å². The van der Waals surface area contributed by atoms with Crippen molar-refractivity contribution in [2.45, 2.75) is 91.1 Å². The number of benzene rings is 2. The number of carbonyl (C=O) groups is 2. The number of nitrogens with one attached hydrogen (secondary N) is 1. The number of carbonyl (C=O) groups excluding carboxylic acids is 2. The Morgan fingerprint density at radius 3 is 1.39 bits per heavy atom. The molecule has 0 aliphatic heterocycles. The normalized spacial score (nSPS) is 13.1. The average molecular weight is 1260 g/mol. The molecule has 2 fully saturated rings. The van der Waals surface area contributed by atoms with E-state index < -0.39 is 11.6 Å². The maximum absolute atomic E-state index is 15.0. The van der Waals surface area contributed by atoms with E-state index in [-0.39, 0.29) is 35.9 Å². The first-order chi connectivity index (χ1) is 43.6. The minimum Gasteiger partial charge on any atom is -0.453 e. The fraction of sp³-hybridized carbons (Fsp3) is 0.449. The van der Waals surface area contributed by atoms with E-state index in [9.17, 15) is 18.4 Å². The van der Waals surface area contributed by atoms with Crippen LogP contribution in [0.2, 0.25) is 0 Å². The van der Waals surface area contributed by atoms with E-state index in [1.807, 2.05) is 42.7 Å². The number of hydrogen-bond donors (Lipinski definition) is 1. The highest BCUT2D eigenvalue weighted by molar-refractivity contribution is 7.23. The largest absolute Gasteiger partial charge is 0.453 e. The summed E-state index contributed by atoms with van der Waals surface area (Å²) in [5, 5.41) is 3.37. The summed E-state index contributed by atoms with van der Waals surface area (Å²) in [6.45, 7) is 14.6. The van der Waals surface area contributed by atoms with Crippen molar-refractivity contribution in [3.05, 3.63) is 144 Å². The Kier molecular flexibility index (Phi) is 26.8. The number of hydrogen-bond acceptors (Lipinski definition) is 18. The van der Waals surface area contributed by atoms with E-state index in [1.165, 1.54) is 34.8 Å². The Morgan fingerprint density at radius 1 is 0.517 bits per heavy atom. The van der Waals surface area contributed by atoms with Gasteiger partial charge in [-0.2, -0.15) is 0 Å². The van der Waals surface area contributed by atoms with Crippen LogP contribution in [0.3, 0.4) is 0 Å². The lowest BCUT2D eigenvalue weighted by molar-refractivity contribution is -0.119. The third-order valence-corrected chi connectivity index (χ3v) is 16.9. The van der Waals surface area contributed by atoms with Crippen molar-refractivity contribution in [2.24, 2.45) is 11.8 Å². The van der Waals surface area contributed by atoms with Crippen molar-refractivity contribution < 1.29 is 56.3 Å². The highest BCUT2D eigenvalue weighted by Crippen LogP contribution is 2.41. The third kappa shape index (κ3) is 22.4. The van der Waals surface area contributed by atoms with E-state index in [0.717, 1.165) is 124 Å². The quantitative estimate of drug-likeness (QED) is 0.0359. The van der Waals surface area contributed by atoms with E-state index in [1.54, 1.807) is 48.8 Å². The van der Waals surface area contributed by atoms with E-state index >= 15 is 0 Å². The summed E-state index contributed by atoms with van der Waals surface area (Å²) in [5.74, 6) is 1.69. The second-order valence-corrected chi connectivity index (χ2v) is 24.5. The van der Waals surface area contributed by atoms with Gasteiger partial charge < -0.3 is 43.2 Å². The molecular formula is C69H82F2N6O10S2. The molecule has 6 heterocycles. The van der Waals surface area contributed by atoms with Crippen molar-refractivity contribution in [1.82, 2.24) is 30.2 Å². The minimum absolute atomic E-state index is 0.118. The minimum atomic E-state index is -0.487. The number of Topliss-reactive ketones (excluding diaryl/α,β-unsaturated/α-hetero) is 2. The van der Waals surface area contributed by atoms with Gasteiger partial charge in [-0.15, -0.1) is 22.7 Å². The second kappa shape index (κ2) is 35.7. The monoisotopic (exact) mass is 1260 g/mol. The van der Waals surface area contributed by atoms with Crippen LogP contribution in [-0.4, -0.2) is 136 Å². The van der Waals surface area contributed by atoms with Gasteiger partial charge in [0.15, 0.2) is 23.1 Å². The van der Waals surface area contributed by atoms with Gasteiger partial charge in [0.2, 0.25) is 0 Å². The van der Waals surface area contributed by atoms with Gasteiger partial charge in [0.1, 0.15) is 23.1 Å². The third-order valence-electron chi connectivity index (χ3n) is 14.6. The molecular weight excluding hydrogens is 1170 g/mol. The van der Waals surface area contributed by atoms with Crippen LogP contribution in [0.25, 0.3) is 41.6 Å². The van der Waals surface area contributed by atoms with Crippen LogP contribution in [0.4, 0.5) is 8.78 Å². The van der Waals surface area contributed by atoms with Crippen molar-refractivity contribution in [3.8, 4) is 44.1 Å². The molecule has 0 radical (unpaired) electrons. The van der Waals surface area contributed by atoms with Crippen LogP contribution in [0.5, 0.6) is 23.0 Å². The number of rotatable bonds is 40. The molecule has 20 heteroatoms. The van der Waals surface area contributed by atoms with Gasteiger partial charge in [-0.05, 0) is 128 Å². The Morgan fingerprint density at radius 2 is 0.955 bits per heavy atom. The summed E-state index contributed by atoms with van der Waals surface area (Å²) >= 11 is 3.01. The van der Waals surface area contributed by atoms with Crippen molar-refractivity contribution >= 4 is 54.7 Å². The highest BCUT2D eigenvalue weighted by atomic mass is 32.1. The topological polar surface area (TPSA) is 175 Å². The second-order valence-electron chi connectivity index (χ2n) is 22.4. The number of fused-ring (bicyclic) bond motifs is 2. The van der Waals surface area contributed by atoms with Crippen LogP contribution < -0.4 is 14.8 Å². The van der Waals surface area contributed by atoms with Crippen LogP contribution in [0, 0.1) is 23.5 Å². The molecule has 474 valence electrons. The van der Waals surface area contributed by atoms with Gasteiger partial charge in [-0.3, -0.25) is 34.4 Å². The van der Waals surface area contributed by atoms with Gasteiger partial charge in [-0.1, -0.05) is 38.1 Å². The Labute approximate surface area is 528 Å². The zero-order valence-electron chi connectivity index (χ0n) is 51.3. The number of nitrogens with zero attached hydrogens (tertiary/aromatic N) is 5. The standard InChI is InChI=1S/C35H42FN3O5S.C34H40FN3O5S/c1-3-13-41-15-17-43-18-16-42-14-12-39(2)24-27-6-8-30(38-23-27)34-22-31-35(45-34)33(10-11-37-31)44-32-9-7-26(21-29(32)36)20-28(40)19-25-4-5-25;1-2-12-40-14-16-42-17-15-41-13-11-36-22-26-5-7-29(38-23-26)33-21-30-34(44-33)32(9-10-37-30)43-31-8-6-25(20-28(31)35)19-27(39)18-24-3-4-24/h6-11,21-23,25H,3-5,12-20,24H2,1-2H3;5-10,20-21,23-24,36H,2-4,11-19,22H2,1H3. The molecule has 0 amide bonds. The molecule has 2 saturated carbocycles. The molecule has 16 nitrogen and oxygen atoms in total. The van der Waals surface area contributed by atoms with Crippen molar-refractivity contribution in [3.63, 3.8) is 0 Å². The smallest absolute Gasteiger partial charge is 0.166 e. The molecule has 8 aromatic rings. The zero-order chi connectivity index (χ0) is 62.0. The van der Waals surface area contributed by atoms with Gasteiger partial charge in [0.05, 0.1) is 108 Å². The molecule has 6 aromatic heterocycles. The Bertz CT molecular complexity index is 3470. The molecule has 1 N–H and O–H groups in total. The van der Waals surface area contributed by atoms with Crippen LogP contribution in [0.15, 0.2) is 110 Å². The summed E-state index contributed by atoms with van der Waals surface area (Å²) in [4.78, 5) is 46.8. The molecule has 0 saturated heterocycles. The van der Waals surface area contributed by atoms with Gasteiger partial charge in [0.25, 0.3) is 0 Å². The summed E-state index contributed by atoms with van der Waals surface area (Å²) in [6, 6.07) is 25.1. The molecule has 10 rings (SSSR count). The fourth-order valence-electron chi connectivity index (χ4n) is 9.54. The lowest BCUT2D eigenvalue weighted by atomic mass is 10.0. The lowest BCUT2D eigenvalue weighted by Gasteiger charge is -2.16. The van der Waals surface area contributed by atoms with Crippen molar-refractivity contribution in [2.75, 3.05) is 99.4 Å². The molecule has 2 aliphatic carbocycles. The van der Waals surface area contributed by atoms with Crippen LogP contribution in [0.1, 0.15) is 87.5 Å². The maximum atomic E-state index is 15.0. The van der Waals surface area contributed by atoms with Gasteiger partial charge >= 0.3 is 0 Å². The fourth-order valence-corrected chi connectivity index (χ4v) is 11.6. The van der Waals surface area contributed by atoms with E-state index in [4.69, 9.17) is 42.9 Å². The summed E-state index contributed by atoms with van der Waals surface area (Å²) in [6.07, 6.45) is 15.3. The molecule has 0 bridgehead atoms. The predicted octanol–water partition coefficient (Wildman–Crippen LogP) is 13.8. The SMILES string of the molecule is CCCOCCOCCOCCN(C)Cc1ccc(-c2cc3nccc(Oc4ccc(CC(=O)CC5CC5)cc4F)c3s2)nc1.CCCOCCOCCOCCNCc1ccc(-c2cc3nccc(Oc4ccc(CC(=O)CC5CC5)cc4F)c3s2)nc1. The van der Waals surface area contributed by atoms with Crippen LogP contribution >= 0.6 is 22.7 Å². The zero-order valence-corrected chi connectivity index (χ0v) is 53.0. The first kappa shape index (κ1) is 66.8. The first-order valence-corrected chi connectivity index (χ1v) is 32.7. The number of likely N-dealkylation sites (N-methyl/N-ethyl adjacent to an activating group) is 1. The predicted molar refractivity (Wildman–Crippen MR) is 344 cm³/mol. The molecule has 2 aromatic carbocycles.